The van der Waals surface area contributed by atoms with Gasteiger partial charge in [-0.15, -0.1) is 0 Å². The molecule has 138 valence electrons. The number of rotatable bonds is 3. The van der Waals surface area contributed by atoms with Gasteiger partial charge in [-0.2, -0.15) is 0 Å². The molecule has 2 aromatic carbocycles. The average molecular weight is 380 g/mol. The molecular weight excluding hydrogens is 358 g/mol. The van der Waals surface area contributed by atoms with E-state index >= 15 is 0 Å². The molecular formula is C22H22ClN3O. The number of hydrogen-bond donors (Lipinski definition) is 1. The molecule has 1 aromatic heterocycles. The van der Waals surface area contributed by atoms with Crippen LogP contribution in [-0.4, -0.2) is 22.0 Å². The van der Waals surface area contributed by atoms with E-state index < -0.39 is 0 Å². The smallest absolute Gasteiger partial charge is 0.322 e. The Balaban J connectivity index is 1.61. The minimum Gasteiger partial charge on any atom is -0.348 e. The van der Waals surface area contributed by atoms with E-state index in [-0.39, 0.29) is 12.1 Å². The molecule has 1 N–H and O–H groups in total. The number of halogens is 1. The van der Waals surface area contributed by atoms with E-state index in [0.29, 0.717) is 11.6 Å². The van der Waals surface area contributed by atoms with Crippen molar-refractivity contribution in [3.05, 3.63) is 88.7 Å². The molecule has 1 atom stereocenters. The van der Waals surface area contributed by atoms with Gasteiger partial charge in [0.25, 0.3) is 0 Å². The lowest BCUT2D eigenvalue weighted by Gasteiger charge is -2.37. The number of anilines is 1. The molecule has 0 fully saturated rings. The molecule has 0 aliphatic carbocycles. The minimum atomic E-state index is -0.0891. The van der Waals surface area contributed by atoms with E-state index in [0.717, 1.165) is 24.2 Å². The Bertz CT molecular complexity index is 951. The lowest BCUT2D eigenvalue weighted by atomic mass is 10.0. The highest BCUT2D eigenvalue weighted by atomic mass is 35.5. The monoisotopic (exact) mass is 379 g/mol. The Labute approximate surface area is 164 Å². The van der Waals surface area contributed by atoms with Gasteiger partial charge in [0.15, 0.2) is 0 Å². The van der Waals surface area contributed by atoms with Gasteiger partial charge >= 0.3 is 6.03 Å². The van der Waals surface area contributed by atoms with E-state index in [1.807, 2.05) is 42.2 Å². The summed E-state index contributed by atoms with van der Waals surface area (Å²) in [6, 6.07) is 19.9. The molecule has 0 saturated carbocycles. The number of hydrogen-bond acceptors (Lipinski definition) is 1. The van der Waals surface area contributed by atoms with Crippen LogP contribution in [0.3, 0.4) is 0 Å². The molecule has 5 heteroatoms. The van der Waals surface area contributed by atoms with Crippen LogP contribution >= 0.6 is 11.6 Å². The zero-order valence-corrected chi connectivity index (χ0v) is 16.0. The highest BCUT2D eigenvalue weighted by molar-refractivity contribution is 6.31. The molecule has 1 aliphatic rings. The number of aromatic nitrogens is 1. The van der Waals surface area contributed by atoms with E-state index in [1.54, 1.807) is 6.07 Å². The van der Waals surface area contributed by atoms with Crippen molar-refractivity contribution in [2.45, 2.75) is 25.9 Å². The second-order valence-corrected chi connectivity index (χ2v) is 7.35. The van der Waals surface area contributed by atoms with E-state index in [2.05, 4.69) is 40.3 Å². The maximum atomic E-state index is 13.1. The summed E-state index contributed by atoms with van der Waals surface area (Å²) in [7, 11) is 0. The van der Waals surface area contributed by atoms with Crippen molar-refractivity contribution < 1.29 is 4.79 Å². The van der Waals surface area contributed by atoms with Gasteiger partial charge in [-0.1, -0.05) is 48.0 Å². The van der Waals surface area contributed by atoms with E-state index in [4.69, 9.17) is 11.6 Å². The van der Waals surface area contributed by atoms with Crippen LogP contribution in [0.5, 0.6) is 0 Å². The van der Waals surface area contributed by atoms with E-state index in [1.165, 1.54) is 11.3 Å². The van der Waals surface area contributed by atoms with Gasteiger partial charge in [-0.3, -0.25) is 0 Å². The molecule has 0 spiro atoms. The van der Waals surface area contributed by atoms with Crippen molar-refractivity contribution in [2.24, 2.45) is 0 Å². The third-order valence-electron chi connectivity index (χ3n) is 5.14. The number of carbonyl (C=O) groups is 1. The molecule has 2 amide bonds. The maximum absolute atomic E-state index is 13.1. The Kier molecular flexibility index (Phi) is 4.90. The Hall–Kier alpha value is -2.72. The van der Waals surface area contributed by atoms with Gasteiger partial charge < -0.3 is 14.8 Å². The van der Waals surface area contributed by atoms with Crippen molar-refractivity contribution >= 4 is 23.3 Å². The SMILES string of the molecule is Cc1ccc(Cl)cc1NC(=O)N1CCn2cccc2[C@@H]1Cc1ccccc1. The van der Waals surface area contributed by atoms with Gasteiger partial charge in [0, 0.05) is 35.7 Å². The molecule has 0 bridgehead atoms. The standard InChI is InChI=1S/C22H22ClN3O/c1-16-9-10-18(23)15-19(16)24-22(27)26-13-12-25-11-5-8-20(25)21(26)14-17-6-3-2-4-7-17/h2-11,15,21H,12-14H2,1H3,(H,24,27)/t21-/m0/s1. The predicted octanol–water partition coefficient (Wildman–Crippen LogP) is 5.28. The number of nitrogens with zero attached hydrogens (tertiary/aromatic N) is 2. The summed E-state index contributed by atoms with van der Waals surface area (Å²) < 4.78 is 2.24. The summed E-state index contributed by atoms with van der Waals surface area (Å²) >= 11 is 6.11. The van der Waals surface area contributed by atoms with Crippen molar-refractivity contribution in [3.63, 3.8) is 0 Å². The molecule has 3 aromatic rings. The first kappa shape index (κ1) is 17.7. The first-order chi connectivity index (χ1) is 13.1. The van der Waals surface area contributed by atoms with Crippen molar-refractivity contribution in [1.82, 2.24) is 9.47 Å². The summed E-state index contributed by atoms with van der Waals surface area (Å²) in [6.07, 6.45) is 2.87. The van der Waals surface area contributed by atoms with Crippen LogP contribution in [0, 0.1) is 6.92 Å². The van der Waals surface area contributed by atoms with Gasteiger partial charge in [-0.25, -0.2) is 4.79 Å². The summed E-state index contributed by atoms with van der Waals surface area (Å²) in [5.74, 6) is 0. The fourth-order valence-electron chi connectivity index (χ4n) is 3.68. The molecule has 0 saturated heterocycles. The second-order valence-electron chi connectivity index (χ2n) is 6.91. The topological polar surface area (TPSA) is 37.3 Å². The van der Waals surface area contributed by atoms with Crippen LogP contribution in [0.25, 0.3) is 0 Å². The number of amides is 2. The molecule has 0 unspecified atom stereocenters. The zero-order valence-electron chi connectivity index (χ0n) is 15.2. The molecule has 4 nitrogen and oxygen atoms in total. The van der Waals surface area contributed by atoms with Gasteiger partial charge in [0.1, 0.15) is 0 Å². The summed E-state index contributed by atoms with van der Waals surface area (Å²) in [5.41, 5.74) is 4.14. The van der Waals surface area contributed by atoms with Crippen molar-refractivity contribution in [3.8, 4) is 0 Å². The lowest BCUT2D eigenvalue weighted by molar-refractivity contribution is 0.167. The molecule has 4 rings (SSSR count). The molecule has 2 heterocycles. The van der Waals surface area contributed by atoms with Crippen LogP contribution in [0.15, 0.2) is 66.9 Å². The van der Waals surface area contributed by atoms with Crippen LogP contribution in [-0.2, 0) is 13.0 Å². The predicted molar refractivity (Wildman–Crippen MR) is 109 cm³/mol. The molecule has 0 radical (unpaired) electrons. The number of benzene rings is 2. The van der Waals surface area contributed by atoms with Gasteiger partial charge in [0.05, 0.1) is 6.04 Å². The number of nitrogens with one attached hydrogen (secondary N) is 1. The third kappa shape index (κ3) is 3.71. The Morgan fingerprint density at radius 3 is 2.74 bits per heavy atom. The number of aryl methyl sites for hydroxylation is 1. The minimum absolute atomic E-state index is 0.00404. The summed E-state index contributed by atoms with van der Waals surface area (Å²) in [6.45, 7) is 3.44. The third-order valence-corrected chi connectivity index (χ3v) is 5.37. The Morgan fingerprint density at radius 1 is 1.11 bits per heavy atom. The normalized spacial score (nSPS) is 16.1. The van der Waals surface area contributed by atoms with Gasteiger partial charge in [-0.05, 0) is 48.7 Å². The number of urea groups is 1. The van der Waals surface area contributed by atoms with Crippen LogP contribution < -0.4 is 5.32 Å². The van der Waals surface area contributed by atoms with Crippen LogP contribution in [0.4, 0.5) is 10.5 Å². The largest absolute Gasteiger partial charge is 0.348 e. The zero-order chi connectivity index (χ0) is 18.8. The van der Waals surface area contributed by atoms with Crippen molar-refractivity contribution in [2.75, 3.05) is 11.9 Å². The lowest BCUT2D eigenvalue weighted by Crippen LogP contribution is -2.44. The van der Waals surface area contributed by atoms with Crippen molar-refractivity contribution in [1.29, 1.82) is 0 Å². The molecule has 1 aliphatic heterocycles. The first-order valence-corrected chi connectivity index (χ1v) is 9.52. The van der Waals surface area contributed by atoms with Crippen LogP contribution in [0.2, 0.25) is 5.02 Å². The Morgan fingerprint density at radius 2 is 1.93 bits per heavy atom. The fraction of sp³-hybridized carbons (Fsp3) is 0.227. The summed E-state index contributed by atoms with van der Waals surface area (Å²) in [5, 5.41) is 3.67. The summed E-state index contributed by atoms with van der Waals surface area (Å²) in [4.78, 5) is 15.1. The van der Waals surface area contributed by atoms with Gasteiger partial charge in [0.2, 0.25) is 0 Å². The first-order valence-electron chi connectivity index (χ1n) is 9.14. The average Bonchev–Trinajstić information content (AvgIpc) is 3.15. The fourth-order valence-corrected chi connectivity index (χ4v) is 3.85. The van der Waals surface area contributed by atoms with E-state index in [9.17, 15) is 4.79 Å². The molecule has 27 heavy (non-hydrogen) atoms. The quantitative estimate of drug-likeness (QED) is 0.660. The van der Waals surface area contributed by atoms with Crippen LogP contribution in [0.1, 0.15) is 22.9 Å². The maximum Gasteiger partial charge on any atom is 0.322 e. The number of fused-ring (bicyclic) bond motifs is 1. The highest BCUT2D eigenvalue weighted by Crippen LogP contribution is 2.30. The highest BCUT2D eigenvalue weighted by Gasteiger charge is 2.31. The second kappa shape index (κ2) is 7.49. The number of carbonyl (C=O) groups excluding carboxylic acids is 1.